The van der Waals surface area contributed by atoms with Crippen molar-refractivity contribution >= 4 is 35.0 Å². The van der Waals surface area contributed by atoms with E-state index in [0.717, 1.165) is 5.56 Å². The van der Waals surface area contributed by atoms with Crippen LogP contribution in [0.5, 0.6) is 5.75 Å². The molecular weight excluding hydrogens is 339 g/mol. The Hall–Kier alpha value is -2.04. The Morgan fingerprint density at radius 3 is 2.30 bits per heavy atom. The first-order valence-corrected chi connectivity index (χ1v) is 7.54. The molecule has 0 saturated heterocycles. The van der Waals surface area contributed by atoms with E-state index in [1.165, 1.54) is 6.92 Å². The lowest BCUT2D eigenvalue weighted by Gasteiger charge is -2.08. The number of benzene rings is 2. The molecule has 0 unspecified atom stereocenters. The van der Waals surface area contributed by atoms with Crippen molar-refractivity contribution in [2.75, 3.05) is 6.61 Å². The molecular formula is C17H14Cl2O4. The van der Waals surface area contributed by atoms with E-state index < -0.39 is 5.97 Å². The minimum absolute atomic E-state index is 0.265. The predicted molar refractivity (Wildman–Crippen MR) is 88.2 cm³/mol. The number of esters is 1. The van der Waals surface area contributed by atoms with Gasteiger partial charge in [0.2, 0.25) is 0 Å². The van der Waals surface area contributed by atoms with Crippen LogP contribution in [0.3, 0.4) is 0 Å². The molecule has 0 bridgehead atoms. The van der Waals surface area contributed by atoms with Crippen LogP contribution in [-0.4, -0.2) is 18.4 Å². The molecule has 0 atom stereocenters. The van der Waals surface area contributed by atoms with Gasteiger partial charge < -0.3 is 9.47 Å². The van der Waals surface area contributed by atoms with Crippen LogP contribution in [0.2, 0.25) is 10.0 Å². The van der Waals surface area contributed by atoms with Gasteiger partial charge in [0.05, 0.1) is 10.0 Å². The highest BCUT2D eigenvalue weighted by Crippen LogP contribution is 2.23. The lowest BCUT2D eigenvalue weighted by Crippen LogP contribution is -2.11. The molecule has 0 heterocycles. The molecule has 0 aliphatic carbocycles. The summed E-state index contributed by atoms with van der Waals surface area (Å²) in [5.74, 6) is -0.142. The molecule has 0 saturated carbocycles. The third kappa shape index (κ3) is 5.27. The van der Waals surface area contributed by atoms with E-state index in [-0.39, 0.29) is 12.4 Å². The van der Waals surface area contributed by atoms with Crippen molar-refractivity contribution in [1.29, 1.82) is 0 Å². The monoisotopic (exact) mass is 352 g/mol. The van der Waals surface area contributed by atoms with E-state index in [1.807, 2.05) is 6.07 Å². The summed E-state index contributed by atoms with van der Waals surface area (Å²) >= 11 is 11.8. The van der Waals surface area contributed by atoms with Crippen LogP contribution >= 0.6 is 23.2 Å². The van der Waals surface area contributed by atoms with Gasteiger partial charge in [0.25, 0.3) is 0 Å². The molecule has 4 nitrogen and oxygen atoms in total. The van der Waals surface area contributed by atoms with Crippen LogP contribution in [0, 0.1) is 0 Å². The number of Topliss-reactive ketones (excluding diaryl/α,β-unsaturated/α-hetero) is 1. The summed E-state index contributed by atoms with van der Waals surface area (Å²) < 4.78 is 10.3. The fourth-order valence-electron chi connectivity index (χ4n) is 1.78. The second kappa shape index (κ2) is 7.99. The van der Waals surface area contributed by atoms with E-state index in [4.69, 9.17) is 27.9 Å². The number of carbonyl (C=O) groups is 2. The van der Waals surface area contributed by atoms with Crippen molar-refractivity contribution in [2.24, 2.45) is 0 Å². The fraction of sp³-hybridized carbons (Fsp3) is 0.176. The first-order valence-electron chi connectivity index (χ1n) is 6.79. The smallest absolute Gasteiger partial charge is 0.303 e. The Balaban J connectivity index is 1.93. The van der Waals surface area contributed by atoms with E-state index in [2.05, 4.69) is 4.74 Å². The molecule has 2 aromatic rings. The number of hydrogen-bond donors (Lipinski definition) is 0. The molecule has 120 valence electrons. The molecule has 0 aliphatic rings. The van der Waals surface area contributed by atoms with Crippen molar-refractivity contribution in [3.05, 3.63) is 63.6 Å². The maximum atomic E-state index is 11.8. The van der Waals surface area contributed by atoms with Gasteiger partial charge in [0.15, 0.2) is 12.4 Å². The van der Waals surface area contributed by atoms with Crippen LogP contribution < -0.4 is 4.74 Å². The minimum atomic E-state index is -0.486. The summed E-state index contributed by atoms with van der Waals surface area (Å²) in [5, 5.41) is 0.963. The molecule has 0 aliphatic heterocycles. The van der Waals surface area contributed by atoms with Gasteiger partial charge in [-0.1, -0.05) is 29.3 Å². The largest absolute Gasteiger partial charge is 0.489 e. The zero-order valence-electron chi connectivity index (χ0n) is 12.3. The van der Waals surface area contributed by atoms with Crippen LogP contribution in [0.15, 0.2) is 42.5 Å². The number of ether oxygens (including phenoxy) is 2. The number of carbonyl (C=O) groups excluding carboxylic acids is 2. The summed E-state index contributed by atoms with van der Waals surface area (Å²) in [7, 11) is 0. The summed E-state index contributed by atoms with van der Waals surface area (Å²) in [5.41, 5.74) is 1.34. The zero-order valence-corrected chi connectivity index (χ0v) is 13.9. The zero-order chi connectivity index (χ0) is 16.8. The van der Waals surface area contributed by atoms with Crippen molar-refractivity contribution < 1.29 is 19.1 Å². The van der Waals surface area contributed by atoms with Crippen molar-refractivity contribution in [1.82, 2.24) is 0 Å². The average molecular weight is 353 g/mol. The van der Waals surface area contributed by atoms with Gasteiger partial charge in [-0.3, -0.25) is 9.59 Å². The Morgan fingerprint density at radius 1 is 1.00 bits per heavy atom. The fourth-order valence-corrected chi connectivity index (χ4v) is 2.10. The van der Waals surface area contributed by atoms with Gasteiger partial charge in [-0.15, -0.1) is 0 Å². The third-order valence-corrected chi connectivity index (χ3v) is 3.71. The van der Waals surface area contributed by atoms with Crippen molar-refractivity contribution in [3.63, 3.8) is 0 Å². The van der Waals surface area contributed by atoms with E-state index in [9.17, 15) is 9.59 Å². The van der Waals surface area contributed by atoms with Crippen LogP contribution in [0.4, 0.5) is 0 Å². The molecule has 2 aromatic carbocycles. The SMILES string of the molecule is CC(=O)OCC(=O)c1ccc(OCc2ccc(Cl)c(Cl)c2)cc1. The third-order valence-electron chi connectivity index (χ3n) is 2.97. The van der Waals surface area contributed by atoms with Gasteiger partial charge in [0.1, 0.15) is 12.4 Å². The van der Waals surface area contributed by atoms with Crippen molar-refractivity contribution in [3.8, 4) is 5.75 Å². The predicted octanol–water partition coefficient (Wildman–Crippen LogP) is 4.32. The lowest BCUT2D eigenvalue weighted by molar-refractivity contribution is -0.139. The molecule has 0 N–H and O–H groups in total. The summed E-state index contributed by atoms with van der Waals surface area (Å²) in [6.07, 6.45) is 0. The van der Waals surface area contributed by atoms with Crippen LogP contribution in [-0.2, 0) is 16.1 Å². The molecule has 23 heavy (non-hydrogen) atoms. The van der Waals surface area contributed by atoms with Crippen LogP contribution in [0.1, 0.15) is 22.8 Å². The number of ketones is 1. The Kier molecular flexibility index (Phi) is 6.02. The second-order valence-corrected chi connectivity index (χ2v) is 5.58. The number of hydrogen-bond acceptors (Lipinski definition) is 4. The maximum Gasteiger partial charge on any atom is 0.303 e. The Morgan fingerprint density at radius 2 is 1.70 bits per heavy atom. The van der Waals surface area contributed by atoms with E-state index >= 15 is 0 Å². The topological polar surface area (TPSA) is 52.6 Å². The van der Waals surface area contributed by atoms with Gasteiger partial charge >= 0.3 is 5.97 Å². The summed E-state index contributed by atoms with van der Waals surface area (Å²) in [6, 6.07) is 11.9. The minimum Gasteiger partial charge on any atom is -0.489 e. The van der Waals surface area contributed by atoms with Gasteiger partial charge in [-0.25, -0.2) is 0 Å². The quantitative estimate of drug-likeness (QED) is 0.573. The highest BCUT2D eigenvalue weighted by atomic mass is 35.5. The standard InChI is InChI=1S/C17H14Cl2O4/c1-11(20)22-10-17(21)13-3-5-14(6-4-13)23-9-12-2-7-15(18)16(19)8-12/h2-8H,9-10H2,1H3. The Labute approximate surface area is 143 Å². The van der Waals surface area contributed by atoms with E-state index in [0.29, 0.717) is 28.0 Å². The van der Waals surface area contributed by atoms with Gasteiger partial charge in [-0.05, 0) is 42.0 Å². The van der Waals surface area contributed by atoms with Crippen LogP contribution in [0.25, 0.3) is 0 Å². The maximum absolute atomic E-state index is 11.8. The van der Waals surface area contributed by atoms with Crippen molar-refractivity contribution in [2.45, 2.75) is 13.5 Å². The number of rotatable bonds is 6. The molecule has 0 radical (unpaired) electrons. The van der Waals surface area contributed by atoms with Gasteiger partial charge in [-0.2, -0.15) is 0 Å². The number of halogens is 2. The second-order valence-electron chi connectivity index (χ2n) is 4.76. The van der Waals surface area contributed by atoms with E-state index in [1.54, 1.807) is 36.4 Å². The average Bonchev–Trinajstić information content (AvgIpc) is 2.54. The highest BCUT2D eigenvalue weighted by Gasteiger charge is 2.08. The first kappa shape index (κ1) is 17.3. The summed E-state index contributed by atoms with van der Waals surface area (Å²) in [6.45, 7) is 1.32. The Bertz CT molecular complexity index is 711. The molecule has 0 amide bonds. The summed E-state index contributed by atoms with van der Waals surface area (Å²) in [4.78, 5) is 22.5. The normalized spacial score (nSPS) is 10.2. The molecule has 6 heteroatoms. The molecule has 0 aromatic heterocycles. The highest BCUT2D eigenvalue weighted by molar-refractivity contribution is 6.42. The first-order chi connectivity index (χ1) is 11.0. The lowest BCUT2D eigenvalue weighted by atomic mass is 10.1. The van der Waals surface area contributed by atoms with Gasteiger partial charge in [0, 0.05) is 12.5 Å². The molecule has 0 spiro atoms. The molecule has 0 fully saturated rings. The molecule has 2 rings (SSSR count).